The van der Waals surface area contributed by atoms with Crippen molar-refractivity contribution in [2.75, 3.05) is 6.26 Å². The van der Waals surface area contributed by atoms with Crippen molar-refractivity contribution in [2.45, 2.75) is 0 Å². The highest BCUT2D eigenvalue weighted by molar-refractivity contribution is 8.02. The van der Waals surface area contributed by atoms with Crippen molar-refractivity contribution in [3.05, 3.63) is 10.6 Å². The van der Waals surface area contributed by atoms with Gasteiger partial charge in [-0.3, -0.25) is 4.79 Å². The summed E-state index contributed by atoms with van der Waals surface area (Å²) < 4.78 is 0. The lowest BCUT2D eigenvalue weighted by molar-refractivity contribution is -0.114. The number of nitrogens with zero attached hydrogens (tertiary/aromatic N) is 1. The third kappa shape index (κ3) is 1.99. The highest BCUT2D eigenvalue weighted by atomic mass is 32.2. The average molecular weight is 157 g/mol. The van der Waals surface area contributed by atoms with Gasteiger partial charge in [0, 0.05) is 0 Å². The highest BCUT2D eigenvalue weighted by Gasteiger charge is 2.07. The van der Waals surface area contributed by atoms with Gasteiger partial charge in [-0.25, -0.2) is 0 Å². The Balaban J connectivity index is 4.68. The second-order valence-corrected chi connectivity index (χ2v) is 2.27. The second-order valence-electron chi connectivity index (χ2n) is 1.42. The number of carbonyl (C=O) groups is 1. The van der Waals surface area contributed by atoms with Gasteiger partial charge in [-0.15, -0.1) is 11.8 Å². The summed E-state index contributed by atoms with van der Waals surface area (Å²) in [5.74, 6) is -0.783. The fraction of sp³-hybridized carbons (Fsp3) is 0.200. The van der Waals surface area contributed by atoms with Crippen molar-refractivity contribution in [3.63, 3.8) is 0 Å². The zero-order chi connectivity index (χ0) is 8.15. The standard InChI is InChI=1S/C5H7N3OS/c1-10-5(8)3(2-6)4(7)9/h8H2,1H3,(H2,7,9). The SMILES string of the molecule is CSC(N)=C(C#N)C(N)=O. The van der Waals surface area contributed by atoms with Gasteiger partial charge in [-0.2, -0.15) is 5.26 Å². The molecule has 0 bridgehead atoms. The highest BCUT2D eigenvalue weighted by Crippen LogP contribution is 2.08. The molecule has 4 nitrogen and oxygen atoms in total. The van der Waals surface area contributed by atoms with Gasteiger partial charge in [-0.1, -0.05) is 0 Å². The van der Waals surface area contributed by atoms with Crippen molar-refractivity contribution in [2.24, 2.45) is 11.5 Å². The Labute approximate surface area is 62.9 Å². The van der Waals surface area contributed by atoms with E-state index in [4.69, 9.17) is 16.7 Å². The Hall–Kier alpha value is -1.15. The Morgan fingerprint density at radius 3 is 2.20 bits per heavy atom. The molecule has 10 heavy (non-hydrogen) atoms. The van der Waals surface area contributed by atoms with Crippen molar-refractivity contribution in [1.29, 1.82) is 5.26 Å². The normalized spacial score (nSPS) is 11.6. The number of rotatable bonds is 2. The maximum atomic E-state index is 10.4. The van der Waals surface area contributed by atoms with Gasteiger partial charge in [0.1, 0.15) is 11.6 Å². The molecule has 0 aliphatic carbocycles. The number of nitriles is 1. The largest absolute Gasteiger partial charge is 0.392 e. The molecule has 0 aromatic rings. The van der Waals surface area contributed by atoms with Crippen LogP contribution < -0.4 is 11.5 Å². The van der Waals surface area contributed by atoms with Crippen LogP contribution >= 0.6 is 11.8 Å². The van der Waals surface area contributed by atoms with E-state index in [-0.39, 0.29) is 10.6 Å². The zero-order valence-electron chi connectivity index (χ0n) is 5.42. The van der Waals surface area contributed by atoms with Gasteiger partial charge < -0.3 is 11.5 Å². The molecule has 0 aliphatic rings. The molecule has 54 valence electrons. The van der Waals surface area contributed by atoms with Crippen LogP contribution in [0.5, 0.6) is 0 Å². The van der Waals surface area contributed by atoms with E-state index in [9.17, 15) is 4.79 Å². The summed E-state index contributed by atoms with van der Waals surface area (Å²) in [6, 6.07) is 1.61. The monoisotopic (exact) mass is 157 g/mol. The summed E-state index contributed by atoms with van der Waals surface area (Å²) in [6.45, 7) is 0. The van der Waals surface area contributed by atoms with Gasteiger partial charge in [0.2, 0.25) is 0 Å². The van der Waals surface area contributed by atoms with E-state index in [0.717, 1.165) is 11.8 Å². The number of thioether (sulfide) groups is 1. The van der Waals surface area contributed by atoms with Gasteiger partial charge in [0.15, 0.2) is 0 Å². The molecule has 0 aliphatic heterocycles. The molecule has 0 saturated heterocycles. The van der Waals surface area contributed by atoms with Crippen molar-refractivity contribution >= 4 is 17.7 Å². The molecule has 0 saturated carbocycles. The van der Waals surface area contributed by atoms with Crippen LogP contribution in [0.15, 0.2) is 10.6 Å². The number of nitrogens with two attached hydrogens (primary N) is 2. The molecule has 0 aromatic carbocycles. The van der Waals surface area contributed by atoms with Crippen molar-refractivity contribution in [3.8, 4) is 6.07 Å². The lowest BCUT2D eigenvalue weighted by Gasteiger charge is -1.95. The minimum absolute atomic E-state index is 0.162. The van der Waals surface area contributed by atoms with E-state index < -0.39 is 5.91 Å². The Morgan fingerprint density at radius 1 is 1.60 bits per heavy atom. The van der Waals surface area contributed by atoms with E-state index in [0.29, 0.717) is 0 Å². The first kappa shape index (κ1) is 8.85. The van der Waals surface area contributed by atoms with Crippen LogP contribution in [-0.4, -0.2) is 12.2 Å². The van der Waals surface area contributed by atoms with Crippen molar-refractivity contribution in [1.82, 2.24) is 0 Å². The number of carbonyl (C=O) groups excluding carboxylic acids is 1. The van der Waals surface area contributed by atoms with Gasteiger partial charge in [0.25, 0.3) is 5.91 Å². The first-order valence-corrected chi connectivity index (χ1v) is 3.59. The molecule has 0 radical (unpaired) electrons. The minimum Gasteiger partial charge on any atom is -0.392 e. The van der Waals surface area contributed by atoms with E-state index >= 15 is 0 Å². The first-order valence-electron chi connectivity index (χ1n) is 2.37. The third-order valence-corrected chi connectivity index (χ3v) is 1.47. The first-order chi connectivity index (χ1) is 4.63. The van der Waals surface area contributed by atoms with Crippen LogP contribution in [0.4, 0.5) is 0 Å². The van der Waals surface area contributed by atoms with E-state index in [1.165, 1.54) is 0 Å². The molecule has 4 N–H and O–H groups in total. The van der Waals surface area contributed by atoms with E-state index in [1.807, 2.05) is 0 Å². The Kier molecular flexibility index (Phi) is 3.36. The Bertz CT molecular complexity index is 215. The second kappa shape index (κ2) is 3.80. The van der Waals surface area contributed by atoms with Gasteiger partial charge in [0.05, 0.1) is 5.03 Å². The summed E-state index contributed by atoms with van der Waals surface area (Å²) >= 11 is 1.12. The minimum atomic E-state index is -0.783. The van der Waals surface area contributed by atoms with Crippen molar-refractivity contribution < 1.29 is 4.79 Å². The molecule has 0 fully saturated rings. The summed E-state index contributed by atoms with van der Waals surface area (Å²) in [5.41, 5.74) is 9.89. The van der Waals surface area contributed by atoms with Crippen LogP contribution in [0.1, 0.15) is 0 Å². The van der Waals surface area contributed by atoms with E-state index in [2.05, 4.69) is 0 Å². The molecule has 0 atom stereocenters. The molecule has 0 aromatic heterocycles. The third-order valence-electron chi connectivity index (χ3n) is 0.825. The van der Waals surface area contributed by atoms with Crippen LogP contribution in [0.2, 0.25) is 0 Å². The van der Waals surface area contributed by atoms with Crippen LogP contribution in [0.25, 0.3) is 0 Å². The molecule has 5 heteroatoms. The quantitative estimate of drug-likeness (QED) is 0.418. The number of hydrogen-bond acceptors (Lipinski definition) is 4. The van der Waals surface area contributed by atoms with Crippen LogP contribution in [0, 0.1) is 11.3 Å². The van der Waals surface area contributed by atoms with E-state index in [1.54, 1.807) is 12.3 Å². The topological polar surface area (TPSA) is 92.9 Å². The molecule has 0 unspecified atom stereocenters. The molecule has 0 heterocycles. The van der Waals surface area contributed by atoms with Gasteiger partial charge in [-0.05, 0) is 6.26 Å². The maximum absolute atomic E-state index is 10.4. The molecular weight excluding hydrogens is 150 g/mol. The summed E-state index contributed by atoms with van der Waals surface area (Å²) in [4.78, 5) is 10.4. The lowest BCUT2D eigenvalue weighted by Crippen LogP contribution is -2.16. The Morgan fingerprint density at radius 2 is 2.10 bits per heavy atom. The van der Waals surface area contributed by atoms with Crippen LogP contribution in [0.3, 0.4) is 0 Å². The summed E-state index contributed by atoms with van der Waals surface area (Å²) in [7, 11) is 0. The predicted molar refractivity (Wildman–Crippen MR) is 39.5 cm³/mol. The zero-order valence-corrected chi connectivity index (χ0v) is 6.23. The van der Waals surface area contributed by atoms with Gasteiger partial charge >= 0.3 is 0 Å². The molecule has 0 rings (SSSR count). The molecular formula is C5H7N3OS. The number of hydrogen-bond donors (Lipinski definition) is 2. The lowest BCUT2D eigenvalue weighted by atomic mass is 10.3. The summed E-state index contributed by atoms with van der Waals surface area (Å²) in [6.07, 6.45) is 1.66. The number of amides is 1. The number of primary amides is 1. The fourth-order valence-electron chi connectivity index (χ4n) is 0.334. The predicted octanol–water partition coefficient (Wildman–Crippen LogP) is -0.471. The van der Waals surface area contributed by atoms with Crippen LogP contribution in [-0.2, 0) is 4.79 Å². The maximum Gasteiger partial charge on any atom is 0.262 e. The smallest absolute Gasteiger partial charge is 0.262 e. The average Bonchev–Trinajstić information content (AvgIpc) is 1.88. The summed E-state index contributed by atoms with van der Waals surface area (Å²) in [5, 5.41) is 8.46. The molecule has 1 amide bonds. The molecule has 0 spiro atoms. The fourth-order valence-corrected chi connectivity index (χ4v) is 0.684.